The van der Waals surface area contributed by atoms with Gasteiger partial charge in [0.15, 0.2) is 0 Å². The molecule has 4 amide bonds. The van der Waals surface area contributed by atoms with Crippen molar-refractivity contribution >= 4 is 23.6 Å². The van der Waals surface area contributed by atoms with Crippen LogP contribution in [0.5, 0.6) is 0 Å². The molecule has 0 saturated carbocycles. The fraction of sp³-hybridized carbons (Fsp3) is 0.267. The van der Waals surface area contributed by atoms with Gasteiger partial charge < -0.3 is 9.80 Å². The van der Waals surface area contributed by atoms with E-state index >= 15 is 0 Å². The molecule has 1 fully saturated rings. The lowest BCUT2D eigenvalue weighted by atomic mass is 9.83. The number of hydrogen-bond acceptors (Lipinski definition) is 4. The fourth-order valence-electron chi connectivity index (χ4n) is 4.99. The molecular weight excluding hydrogens is 466 g/mol. The first-order valence-corrected chi connectivity index (χ1v) is 12.5. The topological polar surface area (TPSA) is 78.0 Å². The van der Waals surface area contributed by atoms with E-state index < -0.39 is 5.41 Å². The number of amides is 4. The Morgan fingerprint density at radius 1 is 0.703 bits per heavy atom. The molecule has 5 rings (SSSR count). The molecule has 1 saturated heterocycles. The number of benzene rings is 3. The molecule has 2 heterocycles. The van der Waals surface area contributed by atoms with Gasteiger partial charge in [-0.05, 0) is 49.2 Å². The van der Waals surface area contributed by atoms with Gasteiger partial charge in [-0.15, -0.1) is 0 Å². The van der Waals surface area contributed by atoms with Crippen molar-refractivity contribution in [2.75, 3.05) is 26.2 Å². The van der Waals surface area contributed by atoms with Crippen LogP contribution in [0, 0.1) is 0 Å². The monoisotopic (exact) mass is 495 g/mol. The Labute approximate surface area is 216 Å². The zero-order valence-electron chi connectivity index (χ0n) is 21.0. The highest BCUT2D eigenvalue weighted by Crippen LogP contribution is 2.27. The van der Waals surface area contributed by atoms with Gasteiger partial charge in [0.1, 0.15) is 0 Å². The number of rotatable bonds is 5. The van der Waals surface area contributed by atoms with Crippen molar-refractivity contribution in [3.63, 3.8) is 0 Å². The molecule has 0 N–H and O–H groups in total. The van der Waals surface area contributed by atoms with E-state index in [1.807, 2.05) is 49.1 Å². The number of carbonyl (C=O) groups is 4. The minimum atomic E-state index is -0.636. The number of piperazine rings is 1. The highest BCUT2D eigenvalue weighted by Gasteiger charge is 2.36. The summed E-state index contributed by atoms with van der Waals surface area (Å²) in [5.41, 5.74) is 2.48. The van der Waals surface area contributed by atoms with Crippen molar-refractivity contribution in [1.29, 1.82) is 0 Å². The first kappa shape index (κ1) is 24.4. The van der Waals surface area contributed by atoms with Gasteiger partial charge in [0.2, 0.25) is 5.91 Å². The van der Waals surface area contributed by atoms with Gasteiger partial charge in [0.25, 0.3) is 17.7 Å². The second-order valence-electron chi connectivity index (χ2n) is 10.0. The molecule has 0 spiro atoms. The fourth-order valence-corrected chi connectivity index (χ4v) is 4.99. The molecule has 0 atom stereocenters. The van der Waals surface area contributed by atoms with Crippen molar-refractivity contribution < 1.29 is 19.2 Å². The second kappa shape index (κ2) is 9.65. The highest BCUT2D eigenvalue weighted by molar-refractivity contribution is 6.21. The van der Waals surface area contributed by atoms with E-state index in [1.54, 1.807) is 53.4 Å². The third kappa shape index (κ3) is 4.53. The summed E-state index contributed by atoms with van der Waals surface area (Å²) in [5.74, 6) is -0.641. The van der Waals surface area contributed by atoms with Crippen LogP contribution in [0.4, 0.5) is 0 Å². The molecule has 188 valence electrons. The van der Waals surface area contributed by atoms with Crippen LogP contribution in [0.2, 0.25) is 0 Å². The maximum absolute atomic E-state index is 13.2. The summed E-state index contributed by atoms with van der Waals surface area (Å²) in [5, 5.41) is 0. The zero-order valence-corrected chi connectivity index (χ0v) is 21.0. The molecular formula is C30H29N3O4. The lowest BCUT2D eigenvalue weighted by Gasteiger charge is -2.38. The maximum Gasteiger partial charge on any atom is 0.261 e. The van der Waals surface area contributed by atoms with Crippen LogP contribution in [0.15, 0.2) is 78.9 Å². The van der Waals surface area contributed by atoms with Crippen LogP contribution in [-0.4, -0.2) is 64.5 Å². The van der Waals surface area contributed by atoms with E-state index in [1.165, 1.54) is 4.90 Å². The summed E-state index contributed by atoms with van der Waals surface area (Å²) >= 11 is 0. The Kier molecular flexibility index (Phi) is 6.38. The average Bonchev–Trinajstić information content (AvgIpc) is 3.18. The first-order valence-electron chi connectivity index (χ1n) is 12.5. The molecule has 2 aliphatic rings. The van der Waals surface area contributed by atoms with E-state index in [2.05, 4.69) is 0 Å². The number of fused-ring (bicyclic) bond motifs is 1. The van der Waals surface area contributed by atoms with Crippen LogP contribution in [0.25, 0.3) is 0 Å². The van der Waals surface area contributed by atoms with Gasteiger partial charge in [0, 0.05) is 31.7 Å². The van der Waals surface area contributed by atoms with Crippen molar-refractivity contribution in [3.05, 3.63) is 107 Å². The minimum absolute atomic E-state index is 0.0586. The Balaban J connectivity index is 1.19. The van der Waals surface area contributed by atoms with Crippen molar-refractivity contribution in [1.82, 2.24) is 14.7 Å². The number of nitrogens with zero attached hydrogens (tertiary/aromatic N) is 3. The Morgan fingerprint density at radius 2 is 1.22 bits per heavy atom. The van der Waals surface area contributed by atoms with Crippen LogP contribution < -0.4 is 0 Å². The van der Waals surface area contributed by atoms with E-state index in [-0.39, 0.29) is 30.2 Å². The summed E-state index contributed by atoms with van der Waals surface area (Å²) in [4.78, 5) is 56.4. The Hall–Kier alpha value is -4.26. The number of carbonyl (C=O) groups excluding carboxylic acids is 4. The van der Waals surface area contributed by atoms with Gasteiger partial charge >= 0.3 is 0 Å². The number of hydrogen-bond donors (Lipinski definition) is 0. The molecule has 0 radical (unpaired) electrons. The average molecular weight is 496 g/mol. The summed E-state index contributed by atoms with van der Waals surface area (Å²) in [6.07, 6.45) is 0. The van der Waals surface area contributed by atoms with Crippen molar-refractivity contribution in [2.24, 2.45) is 0 Å². The van der Waals surface area contributed by atoms with Gasteiger partial charge in [-0.3, -0.25) is 24.1 Å². The summed E-state index contributed by atoms with van der Waals surface area (Å²) in [6.45, 7) is 5.92. The van der Waals surface area contributed by atoms with Crippen LogP contribution in [0.3, 0.4) is 0 Å². The van der Waals surface area contributed by atoms with Gasteiger partial charge in [-0.1, -0.05) is 54.6 Å². The quantitative estimate of drug-likeness (QED) is 0.505. The normalized spacial score (nSPS) is 15.7. The third-order valence-electron chi connectivity index (χ3n) is 7.30. The molecule has 7 nitrogen and oxygen atoms in total. The van der Waals surface area contributed by atoms with Crippen LogP contribution in [0.1, 0.15) is 56.0 Å². The molecule has 0 aromatic heterocycles. The SMILES string of the molecule is CC(C)(C(=O)N1CCN(C(=O)c2ccc(CN3C(=O)c4ccccc4C3=O)cc2)CC1)c1ccccc1. The second-order valence-corrected chi connectivity index (χ2v) is 10.0. The van der Waals surface area contributed by atoms with Crippen molar-refractivity contribution in [2.45, 2.75) is 25.8 Å². The predicted molar refractivity (Wildman–Crippen MR) is 139 cm³/mol. The largest absolute Gasteiger partial charge is 0.338 e. The molecule has 3 aromatic rings. The van der Waals surface area contributed by atoms with Gasteiger partial charge in [-0.25, -0.2) is 0 Å². The number of imide groups is 1. The highest BCUT2D eigenvalue weighted by atomic mass is 16.2. The molecule has 0 unspecified atom stereocenters. The van der Waals surface area contributed by atoms with E-state index in [9.17, 15) is 19.2 Å². The van der Waals surface area contributed by atoms with Gasteiger partial charge in [0.05, 0.1) is 23.1 Å². The molecule has 3 aromatic carbocycles. The van der Waals surface area contributed by atoms with Crippen LogP contribution in [-0.2, 0) is 16.8 Å². The van der Waals surface area contributed by atoms with E-state index in [0.717, 1.165) is 11.1 Å². The minimum Gasteiger partial charge on any atom is -0.338 e. The van der Waals surface area contributed by atoms with Crippen molar-refractivity contribution in [3.8, 4) is 0 Å². The lowest BCUT2D eigenvalue weighted by molar-refractivity contribution is -0.137. The zero-order chi connectivity index (χ0) is 26.2. The summed E-state index contributed by atoms with van der Waals surface area (Å²) in [6, 6.07) is 23.6. The standard InChI is InChI=1S/C30H29N3O4/c1-30(2,23-8-4-3-5-9-23)29(37)32-18-16-31(17-19-32)26(34)22-14-12-21(13-15-22)20-33-27(35)24-10-6-7-11-25(24)28(33)36/h3-15H,16-20H2,1-2H3. The molecule has 2 aliphatic heterocycles. The molecule has 37 heavy (non-hydrogen) atoms. The molecule has 7 heteroatoms. The van der Waals surface area contributed by atoms with E-state index in [4.69, 9.17) is 0 Å². The van der Waals surface area contributed by atoms with E-state index in [0.29, 0.717) is 42.9 Å². The maximum atomic E-state index is 13.2. The predicted octanol–water partition coefficient (Wildman–Crippen LogP) is 3.75. The molecule has 0 aliphatic carbocycles. The first-order chi connectivity index (χ1) is 17.8. The summed E-state index contributed by atoms with van der Waals surface area (Å²) in [7, 11) is 0. The molecule has 0 bridgehead atoms. The third-order valence-corrected chi connectivity index (χ3v) is 7.30. The smallest absolute Gasteiger partial charge is 0.261 e. The Bertz CT molecular complexity index is 1320. The van der Waals surface area contributed by atoms with Gasteiger partial charge in [-0.2, -0.15) is 0 Å². The Morgan fingerprint density at radius 3 is 1.78 bits per heavy atom. The lowest BCUT2D eigenvalue weighted by Crippen LogP contribution is -2.54. The van der Waals surface area contributed by atoms with Crippen LogP contribution >= 0.6 is 0 Å². The summed E-state index contributed by atoms with van der Waals surface area (Å²) < 4.78 is 0.